The summed E-state index contributed by atoms with van der Waals surface area (Å²) in [6.45, 7) is 0.0201. The van der Waals surface area contributed by atoms with Crippen LogP contribution in [0.3, 0.4) is 0 Å². The van der Waals surface area contributed by atoms with Crippen molar-refractivity contribution in [2.75, 3.05) is 6.61 Å². The molecule has 0 atom stereocenters. The van der Waals surface area contributed by atoms with Gasteiger partial charge in [-0.3, -0.25) is 0 Å². The van der Waals surface area contributed by atoms with E-state index >= 15 is 0 Å². The minimum Gasteiger partial charge on any atom is -0.396 e. The van der Waals surface area contributed by atoms with Crippen LogP contribution in [0.25, 0.3) is 10.6 Å². The van der Waals surface area contributed by atoms with Crippen LogP contribution in [-0.2, 0) is 6.42 Å². The summed E-state index contributed by atoms with van der Waals surface area (Å²) in [5, 5.41) is 9.56. The maximum Gasteiger partial charge on any atom is 0.125 e. The van der Waals surface area contributed by atoms with Crippen molar-refractivity contribution < 1.29 is 9.50 Å². The van der Waals surface area contributed by atoms with E-state index in [0.717, 1.165) is 10.6 Å². The highest BCUT2D eigenvalue weighted by Crippen LogP contribution is 2.31. The van der Waals surface area contributed by atoms with Gasteiger partial charge in [-0.15, -0.1) is 11.3 Å². The smallest absolute Gasteiger partial charge is 0.125 e. The molecule has 0 spiro atoms. The fourth-order valence-corrected chi connectivity index (χ4v) is 2.51. The fourth-order valence-electron chi connectivity index (χ4n) is 1.31. The molecule has 0 bridgehead atoms. The van der Waals surface area contributed by atoms with E-state index in [9.17, 15) is 4.39 Å². The molecule has 0 saturated heterocycles. The Bertz CT molecular complexity index is 483. The lowest BCUT2D eigenvalue weighted by Gasteiger charge is -1.94. The van der Waals surface area contributed by atoms with Crippen molar-refractivity contribution in [1.29, 1.82) is 0 Å². The molecule has 0 radical (unpaired) electrons. The molecule has 5 heteroatoms. The molecule has 2 rings (SSSR count). The van der Waals surface area contributed by atoms with Gasteiger partial charge in [-0.25, -0.2) is 9.37 Å². The van der Waals surface area contributed by atoms with Crippen LogP contribution in [-0.4, -0.2) is 16.7 Å². The van der Waals surface area contributed by atoms with Gasteiger partial charge in [-0.05, 0) is 24.3 Å². The van der Waals surface area contributed by atoms with Crippen LogP contribution < -0.4 is 0 Å². The average molecular weight is 258 g/mol. The normalized spacial score (nSPS) is 10.7. The highest BCUT2D eigenvalue weighted by atomic mass is 35.5. The second-order valence-corrected chi connectivity index (χ2v) is 4.82. The number of aliphatic hydroxyl groups is 1. The van der Waals surface area contributed by atoms with E-state index < -0.39 is 0 Å². The highest BCUT2D eigenvalue weighted by Gasteiger charge is 2.10. The Hall–Kier alpha value is -0.970. The molecule has 84 valence electrons. The molecule has 0 saturated carbocycles. The van der Waals surface area contributed by atoms with Crippen molar-refractivity contribution in [3.8, 4) is 10.6 Å². The molecule has 0 aliphatic rings. The molecule has 1 N–H and O–H groups in total. The number of rotatable bonds is 3. The van der Waals surface area contributed by atoms with Gasteiger partial charge >= 0.3 is 0 Å². The number of nitrogens with zero attached hydrogens (tertiary/aromatic N) is 1. The first kappa shape index (κ1) is 11.5. The third-order valence-corrected chi connectivity index (χ3v) is 3.47. The molecule has 0 aliphatic heterocycles. The fraction of sp³-hybridized carbons (Fsp3) is 0.182. The molecule has 1 aromatic heterocycles. The van der Waals surface area contributed by atoms with E-state index in [2.05, 4.69) is 4.98 Å². The van der Waals surface area contributed by atoms with Crippen molar-refractivity contribution in [1.82, 2.24) is 4.98 Å². The van der Waals surface area contributed by atoms with Crippen LogP contribution in [0.1, 0.15) is 5.69 Å². The van der Waals surface area contributed by atoms with Gasteiger partial charge < -0.3 is 5.11 Å². The van der Waals surface area contributed by atoms with Crippen LogP contribution in [0, 0.1) is 5.82 Å². The molecule has 0 aliphatic carbocycles. The number of aromatic nitrogens is 1. The van der Waals surface area contributed by atoms with Gasteiger partial charge in [0, 0.05) is 18.6 Å². The lowest BCUT2D eigenvalue weighted by atomic mass is 10.2. The Labute approximate surface area is 101 Å². The number of thiazole rings is 1. The zero-order valence-electron chi connectivity index (χ0n) is 8.28. The molecule has 2 nitrogen and oxygen atoms in total. The van der Waals surface area contributed by atoms with E-state index in [-0.39, 0.29) is 12.4 Å². The largest absolute Gasteiger partial charge is 0.396 e. The van der Waals surface area contributed by atoms with Gasteiger partial charge in [0.25, 0.3) is 0 Å². The molecule has 0 unspecified atom stereocenters. The van der Waals surface area contributed by atoms with Gasteiger partial charge in [0.2, 0.25) is 0 Å². The van der Waals surface area contributed by atoms with E-state index in [1.807, 2.05) is 0 Å². The number of aliphatic hydroxyl groups excluding tert-OH is 1. The molecule has 0 amide bonds. The topological polar surface area (TPSA) is 33.1 Å². The highest BCUT2D eigenvalue weighted by molar-refractivity contribution is 7.19. The van der Waals surface area contributed by atoms with E-state index in [4.69, 9.17) is 16.7 Å². The SMILES string of the molecule is OCCc1nc(-c2ccc(F)cc2)sc1Cl. The Balaban J connectivity index is 2.33. The lowest BCUT2D eigenvalue weighted by molar-refractivity contribution is 0.298. The monoisotopic (exact) mass is 257 g/mol. The van der Waals surface area contributed by atoms with Crippen molar-refractivity contribution in [2.45, 2.75) is 6.42 Å². The third kappa shape index (κ3) is 2.40. The van der Waals surface area contributed by atoms with Crippen molar-refractivity contribution in [3.05, 3.63) is 40.1 Å². The summed E-state index contributed by atoms with van der Waals surface area (Å²) in [5.74, 6) is -0.276. The van der Waals surface area contributed by atoms with Crippen LogP contribution in [0.5, 0.6) is 0 Å². The summed E-state index contributed by atoms with van der Waals surface area (Å²) in [7, 11) is 0. The van der Waals surface area contributed by atoms with Gasteiger partial charge in [-0.1, -0.05) is 11.6 Å². The number of halogens is 2. The lowest BCUT2D eigenvalue weighted by Crippen LogP contribution is -1.91. The van der Waals surface area contributed by atoms with Gasteiger partial charge in [0.15, 0.2) is 0 Å². The molecular formula is C11H9ClFNOS. The maximum atomic E-state index is 12.7. The molecule has 1 aromatic carbocycles. The van der Waals surface area contributed by atoms with Gasteiger partial charge in [0.1, 0.15) is 15.2 Å². The third-order valence-electron chi connectivity index (χ3n) is 2.09. The molecule has 2 aromatic rings. The van der Waals surface area contributed by atoms with E-state index in [1.165, 1.54) is 23.5 Å². The number of hydrogen-bond donors (Lipinski definition) is 1. The summed E-state index contributed by atoms with van der Waals surface area (Å²) in [5.41, 5.74) is 1.52. The predicted octanol–water partition coefficient (Wildman–Crippen LogP) is 3.14. The maximum absolute atomic E-state index is 12.7. The predicted molar refractivity (Wildman–Crippen MR) is 63.3 cm³/mol. The Kier molecular flexibility index (Phi) is 3.53. The first-order chi connectivity index (χ1) is 7.70. The van der Waals surface area contributed by atoms with Crippen LogP contribution in [0.4, 0.5) is 4.39 Å². The van der Waals surface area contributed by atoms with Crippen LogP contribution >= 0.6 is 22.9 Å². The number of benzene rings is 1. The first-order valence-corrected chi connectivity index (χ1v) is 5.92. The molecule has 16 heavy (non-hydrogen) atoms. The van der Waals surface area contributed by atoms with E-state index in [0.29, 0.717) is 16.5 Å². The Morgan fingerprint density at radius 2 is 2.00 bits per heavy atom. The van der Waals surface area contributed by atoms with Crippen LogP contribution in [0.15, 0.2) is 24.3 Å². The second-order valence-electron chi connectivity index (χ2n) is 3.22. The van der Waals surface area contributed by atoms with Gasteiger partial charge in [0.05, 0.1) is 5.69 Å². The zero-order valence-corrected chi connectivity index (χ0v) is 9.85. The quantitative estimate of drug-likeness (QED) is 0.916. The minimum absolute atomic E-state index is 0.0201. The summed E-state index contributed by atoms with van der Waals surface area (Å²) in [6.07, 6.45) is 0.441. The van der Waals surface area contributed by atoms with Crippen molar-refractivity contribution in [3.63, 3.8) is 0 Å². The van der Waals surface area contributed by atoms with E-state index in [1.54, 1.807) is 12.1 Å². The standard InChI is InChI=1S/C11H9ClFNOS/c12-10-9(5-6-15)14-11(16-10)7-1-3-8(13)4-2-7/h1-4,15H,5-6H2. The zero-order chi connectivity index (χ0) is 11.5. The summed E-state index contributed by atoms with van der Waals surface area (Å²) < 4.78 is 13.3. The first-order valence-electron chi connectivity index (χ1n) is 4.72. The Morgan fingerprint density at radius 3 is 2.62 bits per heavy atom. The summed E-state index contributed by atoms with van der Waals surface area (Å²) in [4.78, 5) is 4.30. The van der Waals surface area contributed by atoms with Crippen molar-refractivity contribution in [2.24, 2.45) is 0 Å². The summed E-state index contributed by atoms with van der Waals surface area (Å²) >= 11 is 7.31. The minimum atomic E-state index is -0.276. The molecule has 0 fully saturated rings. The molecule has 1 heterocycles. The van der Waals surface area contributed by atoms with Crippen LogP contribution in [0.2, 0.25) is 4.34 Å². The van der Waals surface area contributed by atoms with Gasteiger partial charge in [-0.2, -0.15) is 0 Å². The average Bonchev–Trinajstić information content (AvgIpc) is 2.62. The molecular weight excluding hydrogens is 249 g/mol. The second kappa shape index (κ2) is 4.91. The summed E-state index contributed by atoms with van der Waals surface area (Å²) in [6, 6.07) is 6.09. The number of hydrogen-bond acceptors (Lipinski definition) is 3. The Morgan fingerprint density at radius 1 is 1.31 bits per heavy atom. The van der Waals surface area contributed by atoms with Crippen molar-refractivity contribution >= 4 is 22.9 Å².